The van der Waals surface area contributed by atoms with Crippen LogP contribution in [0, 0.1) is 6.92 Å². The van der Waals surface area contributed by atoms with Gasteiger partial charge in [0.15, 0.2) is 11.5 Å². The Morgan fingerprint density at radius 1 is 0.946 bits per heavy atom. The quantitative estimate of drug-likeness (QED) is 0.338. The summed E-state index contributed by atoms with van der Waals surface area (Å²) in [7, 11) is 3.28. The van der Waals surface area contributed by atoms with Crippen molar-refractivity contribution >= 4 is 28.1 Å². The second-order valence-electron chi connectivity index (χ2n) is 8.85. The Morgan fingerprint density at radius 3 is 2.57 bits per heavy atom. The molecule has 37 heavy (non-hydrogen) atoms. The standard InChI is InChI=1S/C29H32N4O4/c1-20-7-4-5-9-24(20)30-22-11-12-25-23(19-22)28(33-14-17-36-18-15-33)32-29(31-25)37-16-13-21-8-6-10-26(34-2)27(21)35-3/h4-12,19,30H,13-18H2,1-3H3. The third-order valence-electron chi connectivity index (χ3n) is 6.48. The summed E-state index contributed by atoms with van der Waals surface area (Å²) in [5.74, 6) is 2.28. The lowest BCUT2D eigenvalue weighted by Crippen LogP contribution is -2.37. The highest BCUT2D eigenvalue weighted by molar-refractivity contribution is 5.93. The van der Waals surface area contributed by atoms with Crippen molar-refractivity contribution in [3.8, 4) is 17.5 Å². The van der Waals surface area contributed by atoms with E-state index in [0.717, 1.165) is 52.5 Å². The molecule has 0 amide bonds. The average Bonchev–Trinajstić information content (AvgIpc) is 2.94. The minimum atomic E-state index is 0.357. The first kappa shape index (κ1) is 24.6. The first-order chi connectivity index (χ1) is 18.2. The number of aromatic nitrogens is 2. The average molecular weight is 501 g/mol. The van der Waals surface area contributed by atoms with E-state index in [4.69, 9.17) is 28.9 Å². The molecule has 4 aromatic rings. The van der Waals surface area contributed by atoms with Crippen LogP contribution >= 0.6 is 0 Å². The number of hydrogen-bond donors (Lipinski definition) is 1. The molecule has 1 aliphatic rings. The summed E-state index contributed by atoms with van der Waals surface area (Å²) in [5.41, 5.74) is 5.08. The van der Waals surface area contributed by atoms with Crippen LogP contribution in [0.4, 0.5) is 17.2 Å². The molecule has 1 aromatic heterocycles. The van der Waals surface area contributed by atoms with Gasteiger partial charge in [0.2, 0.25) is 0 Å². The van der Waals surface area contributed by atoms with Crippen molar-refractivity contribution in [2.45, 2.75) is 13.3 Å². The van der Waals surface area contributed by atoms with Gasteiger partial charge in [-0.3, -0.25) is 0 Å². The third kappa shape index (κ3) is 5.54. The number of aryl methyl sites for hydroxylation is 1. The molecule has 1 N–H and O–H groups in total. The molecule has 8 nitrogen and oxygen atoms in total. The molecule has 0 spiro atoms. The largest absolute Gasteiger partial charge is 0.493 e. The summed E-state index contributed by atoms with van der Waals surface area (Å²) in [5, 5.41) is 4.50. The van der Waals surface area contributed by atoms with Crippen molar-refractivity contribution in [3.05, 3.63) is 71.8 Å². The van der Waals surface area contributed by atoms with Gasteiger partial charge in [-0.2, -0.15) is 9.97 Å². The molecule has 0 radical (unpaired) electrons. The Labute approximate surface area is 217 Å². The molecule has 1 fully saturated rings. The predicted molar refractivity (Wildman–Crippen MR) is 146 cm³/mol. The van der Waals surface area contributed by atoms with E-state index in [1.807, 2.05) is 42.5 Å². The molecule has 0 atom stereocenters. The maximum absolute atomic E-state index is 6.07. The number of rotatable bonds is 9. The number of benzene rings is 3. The molecule has 0 aliphatic carbocycles. The van der Waals surface area contributed by atoms with Crippen molar-refractivity contribution in [2.75, 3.05) is 57.3 Å². The van der Waals surface area contributed by atoms with Gasteiger partial charge >= 0.3 is 6.01 Å². The van der Waals surface area contributed by atoms with Crippen molar-refractivity contribution in [2.24, 2.45) is 0 Å². The van der Waals surface area contributed by atoms with Gasteiger partial charge in [0.05, 0.1) is 39.6 Å². The van der Waals surface area contributed by atoms with E-state index in [1.165, 1.54) is 5.56 Å². The Kier molecular flexibility index (Phi) is 7.56. The predicted octanol–water partition coefficient (Wildman–Crippen LogP) is 5.16. The van der Waals surface area contributed by atoms with E-state index in [2.05, 4.69) is 35.3 Å². The highest BCUT2D eigenvalue weighted by atomic mass is 16.5. The normalized spacial score (nSPS) is 13.4. The number of fused-ring (bicyclic) bond motifs is 1. The minimum absolute atomic E-state index is 0.357. The minimum Gasteiger partial charge on any atom is -0.493 e. The molecule has 2 heterocycles. The van der Waals surface area contributed by atoms with Gasteiger partial charge in [-0.05, 0) is 42.8 Å². The first-order valence-electron chi connectivity index (χ1n) is 12.5. The lowest BCUT2D eigenvalue weighted by Gasteiger charge is -2.29. The fraction of sp³-hybridized carbons (Fsp3) is 0.310. The number of para-hydroxylation sites is 2. The maximum atomic E-state index is 6.07. The van der Waals surface area contributed by atoms with Gasteiger partial charge in [0.1, 0.15) is 5.82 Å². The number of morpholine rings is 1. The van der Waals surface area contributed by atoms with Crippen molar-refractivity contribution in [3.63, 3.8) is 0 Å². The maximum Gasteiger partial charge on any atom is 0.318 e. The topological polar surface area (TPSA) is 78.0 Å². The zero-order valence-electron chi connectivity index (χ0n) is 21.5. The van der Waals surface area contributed by atoms with Gasteiger partial charge in [0.25, 0.3) is 0 Å². The van der Waals surface area contributed by atoms with Crippen molar-refractivity contribution < 1.29 is 18.9 Å². The van der Waals surface area contributed by atoms with Crippen LogP contribution in [0.2, 0.25) is 0 Å². The second-order valence-corrected chi connectivity index (χ2v) is 8.85. The van der Waals surface area contributed by atoms with Gasteiger partial charge in [-0.15, -0.1) is 0 Å². The van der Waals surface area contributed by atoms with Crippen LogP contribution in [0.1, 0.15) is 11.1 Å². The van der Waals surface area contributed by atoms with E-state index in [0.29, 0.717) is 38.0 Å². The Morgan fingerprint density at radius 2 is 1.78 bits per heavy atom. The molecule has 0 bridgehead atoms. The van der Waals surface area contributed by atoms with Crippen LogP contribution in [-0.4, -0.2) is 57.1 Å². The van der Waals surface area contributed by atoms with E-state index in [9.17, 15) is 0 Å². The summed E-state index contributed by atoms with van der Waals surface area (Å²) in [6.45, 7) is 5.36. The molecule has 3 aromatic carbocycles. The molecule has 1 saturated heterocycles. The van der Waals surface area contributed by atoms with Crippen LogP contribution < -0.4 is 24.4 Å². The van der Waals surface area contributed by atoms with Crippen LogP contribution in [0.3, 0.4) is 0 Å². The van der Waals surface area contributed by atoms with Crippen LogP contribution in [-0.2, 0) is 11.2 Å². The first-order valence-corrected chi connectivity index (χ1v) is 12.5. The van der Waals surface area contributed by atoms with Crippen LogP contribution in [0.5, 0.6) is 17.5 Å². The van der Waals surface area contributed by atoms with Crippen molar-refractivity contribution in [1.29, 1.82) is 0 Å². The smallest absolute Gasteiger partial charge is 0.318 e. The van der Waals surface area contributed by atoms with E-state index in [1.54, 1.807) is 14.2 Å². The molecule has 8 heteroatoms. The summed E-state index contributed by atoms with van der Waals surface area (Å²) in [6, 6.07) is 20.6. The molecule has 1 aliphatic heterocycles. The summed E-state index contributed by atoms with van der Waals surface area (Å²) in [4.78, 5) is 11.8. The summed E-state index contributed by atoms with van der Waals surface area (Å²) >= 11 is 0. The van der Waals surface area contributed by atoms with E-state index in [-0.39, 0.29) is 0 Å². The molecule has 0 unspecified atom stereocenters. The van der Waals surface area contributed by atoms with Gasteiger partial charge in [-0.25, -0.2) is 0 Å². The van der Waals surface area contributed by atoms with Gasteiger partial charge < -0.3 is 29.2 Å². The van der Waals surface area contributed by atoms with Gasteiger partial charge in [-0.1, -0.05) is 30.3 Å². The number of nitrogens with one attached hydrogen (secondary N) is 1. The molecular formula is C29H32N4O4. The number of ether oxygens (including phenoxy) is 4. The van der Waals surface area contributed by atoms with Crippen LogP contribution in [0.15, 0.2) is 60.7 Å². The SMILES string of the molecule is COc1cccc(CCOc2nc(N3CCOCC3)c3cc(Nc4ccccc4C)ccc3n2)c1OC. The number of nitrogens with zero attached hydrogens (tertiary/aromatic N) is 3. The zero-order valence-corrected chi connectivity index (χ0v) is 21.5. The lowest BCUT2D eigenvalue weighted by molar-refractivity contribution is 0.122. The highest BCUT2D eigenvalue weighted by Gasteiger charge is 2.19. The second kappa shape index (κ2) is 11.3. The van der Waals surface area contributed by atoms with E-state index >= 15 is 0 Å². The Hall–Kier alpha value is -4.04. The fourth-order valence-electron chi connectivity index (χ4n) is 4.52. The molecule has 5 rings (SSSR count). The molecule has 192 valence electrons. The fourth-order valence-corrected chi connectivity index (χ4v) is 4.52. The van der Waals surface area contributed by atoms with Crippen molar-refractivity contribution in [1.82, 2.24) is 9.97 Å². The summed E-state index contributed by atoms with van der Waals surface area (Å²) < 4.78 is 22.6. The molecule has 0 saturated carbocycles. The Bertz CT molecular complexity index is 1370. The highest BCUT2D eigenvalue weighted by Crippen LogP contribution is 2.32. The van der Waals surface area contributed by atoms with Crippen LogP contribution in [0.25, 0.3) is 10.9 Å². The summed E-state index contributed by atoms with van der Waals surface area (Å²) in [6.07, 6.45) is 0.633. The molecular weight excluding hydrogens is 468 g/mol. The zero-order chi connectivity index (χ0) is 25.6. The lowest BCUT2D eigenvalue weighted by atomic mass is 10.1. The van der Waals surface area contributed by atoms with Gasteiger partial charge in [0, 0.05) is 41.8 Å². The number of methoxy groups -OCH3 is 2. The number of anilines is 3. The van der Waals surface area contributed by atoms with E-state index < -0.39 is 0 Å². The monoisotopic (exact) mass is 500 g/mol. The number of hydrogen-bond acceptors (Lipinski definition) is 8. The third-order valence-corrected chi connectivity index (χ3v) is 6.48. The Balaban J connectivity index is 1.42.